The Morgan fingerprint density at radius 2 is 1.91 bits per heavy atom. The van der Waals surface area contributed by atoms with Crippen LogP contribution in [-0.4, -0.2) is 60.6 Å². The minimum atomic E-state index is -0.917. The van der Waals surface area contributed by atoms with Gasteiger partial charge in [0, 0.05) is 0 Å². The van der Waals surface area contributed by atoms with Gasteiger partial charge in [-0.25, -0.2) is 4.79 Å². The van der Waals surface area contributed by atoms with Crippen molar-refractivity contribution in [2.75, 3.05) is 26.4 Å². The highest BCUT2D eigenvalue weighted by Gasteiger charge is 2.52. The van der Waals surface area contributed by atoms with E-state index in [0.29, 0.717) is 43.5 Å². The molecule has 184 valence electrons. The van der Waals surface area contributed by atoms with Crippen molar-refractivity contribution in [1.82, 2.24) is 15.5 Å². The van der Waals surface area contributed by atoms with E-state index < -0.39 is 36.6 Å². The molecule has 1 saturated heterocycles. The van der Waals surface area contributed by atoms with E-state index in [9.17, 15) is 19.2 Å². The second-order valence-corrected chi connectivity index (χ2v) is 9.11. The molecule has 1 aromatic rings. The number of carbonyl (C=O) groups is 4. The number of nitrogens with one attached hydrogen (secondary N) is 2. The molecule has 1 atom stereocenters. The summed E-state index contributed by atoms with van der Waals surface area (Å²) in [6.45, 7) is 3.84. The van der Waals surface area contributed by atoms with E-state index in [4.69, 9.17) is 14.2 Å². The van der Waals surface area contributed by atoms with Crippen molar-refractivity contribution in [2.24, 2.45) is 5.92 Å². The molecule has 2 N–H and O–H groups in total. The van der Waals surface area contributed by atoms with Crippen molar-refractivity contribution in [2.45, 2.75) is 57.5 Å². The SMILES string of the molecule is CCC1CCC2(CC1)NC(=O)N(CC(=O)OCC(=O)N[C@H](C)c1ccc3c(c1)OCCO3)C2=O. The Morgan fingerprint density at radius 3 is 2.62 bits per heavy atom. The summed E-state index contributed by atoms with van der Waals surface area (Å²) in [5, 5.41) is 5.53. The molecule has 10 nitrogen and oxygen atoms in total. The van der Waals surface area contributed by atoms with Crippen LogP contribution in [0, 0.1) is 5.92 Å². The maximum Gasteiger partial charge on any atom is 0.326 e. The topological polar surface area (TPSA) is 123 Å². The molecule has 0 radical (unpaired) electrons. The van der Waals surface area contributed by atoms with Crippen molar-refractivity contribution in [1.29, 1.82) is 0 Å². The van der Waals surface area contributed by atoms with E-state index in [1.54, 1.807) is 19.1 Å². The first kappa shape index (κ1) is 23.8. The molecule has 0 unspecified atom stereocenters. The average molecular weight is 474 g/mol. The zero-order valence-corrected chi connectivity index (χ0v) is 19.6. The maximum atomic E-state index is 12.9. The molecule has 1 aliphatic carbocycles. The number of ether oxygens (including phenoxy) is 3. The van der Waals surface area contributed by atoms with E-state index in [0.717, 1.165) is 29.7 Å². The lowest BCUT2D eigenvalue weighted by atomic mass is 9.75. The zero-order valence-electron chi connectivity index (χ0n) is 19.6. The lowest BCUT2D eigenvalue weighted by Gasteiger charge is -2.34. The minimum Gasteiger partial charge on any atom is -0.486 e. The normalized spacial score (nSPS) is 24.5. The molecule has 0 aromatic heterocycles. The van der Waals surface area contributed by atoms with Crippen LogP contribution in [0.25, 0.3) is 0 Å². The van der Waals surface area contributed by atoms with Crippen LogP contribution in [-0.2, 0) is 19.1 Å². The Hall–Kier alpha value is -3.30. The third-order valence-electron chi connectivity index (χ3n) is 6.88. The zero-order chi connectivity index (χ0) is 24.3. The fourth-order valence-corrected chi connectivity index (χ4v) is 4.75. The highest BCUT2D eigenvalue weighted by Crippen LogP contribution is 2.37. The van der Waals surface area contributed by atoms with Gasteiger partial charge in [-0.3, -0.25) is 19.3 Å². The van der Waals surface area contributed by atoms with E-state index in [1.807, 2.05) is 6.07 Å². The predicted octanol–water partition coefficient (Wildman–Crippen LogP) is 2.07. The summed E-state index contributed by atoms with van der Waals surface area (Å²) >= 11 is 0. The molecule has 1 saturated carbocycles. The highest BCUT2D eigenvalue weighted by molar-refractivity contribution is 6.08. The number of amides is 4. The smallest absolute Gasteiger partial charge is 0.326 e. The quantitative estimate of drug-likeness (QED) is 0.459. The fraction of sp³-hybridized carbons (Fsp3) is 0.583. The Kier molecular flexibility index (Phi) is 6.95. The summed E-state index contributed by atoms with van der Waals surface area (Å²) in [4.78, 5) is 50.7. The van der Waals surface area contributed by atoms with Gasteiger partial charge in [-0.15, -0.1) is 0 Å². The first-order chi connectivity index (χ1) is 16.3. The number of esters is 1. The van der Waals surface area contributed by atoms with Crippen LogP contribution in [0.2, 0.25) is 0 Å². The van der Waals surface area contributed by atoms with Crippen LogP contribution in [0.1, 0.15) is 57.6 Å². The molecule has 0 bridgehead atoms. The molecule has 4 rings (SSSR count). The van der Waals surface area contributed by atoms with Gasteiger partial charge in [0.1, 0.15) is 25.3 Å². The first-order valence-corrected chi connectivity index (χ1v) is 11.8. The van der Waals surface area contributed by atoms with Gasteiger partial charge in [-0.2, -0.15) is 0 Å². The third kappa shape index (κ3) is 4.95. The minimum absolute atomic E-state index is 0.355. The molecule has 2 fully saturated rings. The molecule has 10 heteroatoms. The van der Waals surface area contributed by atoms with Crippen LogP contribution in [0.3, 0.4) is 0 Å². The third-order valence-corrected chi connectivity index (χ3v) is 6.88. The van der Waals surface area contributed by atoms with Crippen LogP contribution in [0.4, 0.5) is 4.79 Å². The number of rotatable bonds is 7. The van der Waals surface area contributed by atoms with Crippen LogP contribution in [0.5, 0.6) is 11.5 Å². The van der Waals surface area contributed by atoms with Crippen LogP contribution in [0.15, 0.2) is 18.2 Å². The number of carbonyl (C=O) groups excluding carboxylic acids is 4. The van der Waals surface area contributed by atoms with Gasteiger partial charge in [0.2, 0.25) is 0 Å². The van der Waals surface area contributed by atoms with E-state index in [1.165, 1.54) is 0 Å². The molecule has 3 aliphatic rings. The van der Waals surface area contributed by atoms with Crippen LogP contribution >= 0.6 is 0 Å². The van der Waals surface area contributed by atoms with Crippen LogP contribution < -0.4 is 20.1 Å². The monoisotopic (exact) mass is 473 g/mol. The Labute approximate surface area is 198 Å². The number of hydrogen-bond donors (Lipinski definition) is 2. The lowest BCUT2D eigenvalue weighted by molar-refractivity contribution is -0.151. The summed E-state index contributed by atoms with van der Waals surface area (Å²) in [5.74, 6) is 0.124. The highest BCUT2D eigenvalue weighted by atomic mass is 16.6. The summed E-state index contributed by atoms with van der Waals surface area (Å²) in [6.07, 6.45) is 3.91. The Morgan fingerprint density at radius 1 is 1.21 bits per heavy atom. The van der Waals surface area contributed by atoms with E-state index in [2.05, 4.69) is 17.6 Å². The molecule has 1 spiro atoms. The number of hydrogen-bond acceptors (Lipinski definition) is 7. The van der Waals surface area contributed by atoms with Gasteiger partial charge in [-0.1, -0.05) is 19.4 Å². The predicted molar refractivity (Wildman–Crippen MR) is 120 cm³/mol. The second kappa shape index (κ2) is 9.90. The van der Waals surface area contributed by atoms with Gasteiger partial charge in [0.25, 0.3) is 11.8 Å². The largest absolute Gasteiger partial charge is 0.486 e. The van der Waals surface area contributed by atoms with Crippen molar-refractivity contribution in [3.63, 3.8) is 0 Å². The van der Waals surface area contributed by atoms with Gasteiger partial charge < -0.3 is 24.8 Å². The molecule has 4 amide bonds. The molecular weight excluding hydrogens is 442 g/mol. The summed E-state index contributed by atoms with van der Waals surface area (Å²) < 4.78 is 16.1. The lowest BCUT2D eigenvalue weighted by Crippen LogP contribution is -2.49. The molecule has 1 aromatic carbocycles. The number of imide groups is 1. The van der Waals surface area contributed by atoms with E-state index in [-0.39, 0.29) is 11.9 Å². The number of benzene rings is 1. The van der Waals surface area contributed by atoms with E-state index >= 15 is 0 Å². The fourth-order valence-electron chi connectivity index (χ4n) is 4.75. The molecular formula is C24H31N3O7. The summed E-state index contributed by atoms with van der Waals surface area (Å²) in [5.41, 5.74) is -0.106. The standard InChI is InChI=1S/C24H31N3O7/c1-3-16-6-8-24(9-7-16)22(30)27(23(31)26-24)13-21(29)34-14-20(28)25-15(2)17-4-5-18-19(12-17)33-11-10-32-18/h4-5,12,15-16H,3,6-11,13-14H2,1-2H3,(H,25,28)(H,26,31)/t15-,16?,24?/m1/s1. The molecule has 2 aliphatic heterocycles. The molecule has 34 heavy (non-hydrogen) atoms. The van der Waals surface area contributed by atoms with Crippen molar-refractivity contribution in [3.05, 3.63) is 23.8 Å². The van der Waals surface area contributed by atoms with Crippen molar-refractivity contribution in [3.8, 4) is 11.5 Å². The Balaban J connectivity index is 1.25. The second-order valence-electron chi connectivity index (χ2n) is 9.11. The first-order valence-electron chi connectivity index (χ1n) is 11.8. The summed E-state index contributed by atoms with van der Waals surface area (Å²) in [6, 6.07) is 4.46. The molecule has 2 heterocycles. The van der Waals surface area contributed by atoms with Gasteiger partial charge in [0.15, 0.2) is 18.1 Å². The summed E-state index contributed by atoms with van der Waals surface area (Å²) in [7, 11) is 0. The number of urea groups is 1. The van der Waals surface area contributed by atoms with Crippen molar-refractivity contribution >= 4 is 23.8 Å². The van der Waals surface area contributed by atoms with Gasteiger partial charge in [-0.05, 0) is 56.2 Å². The van der Waals surface area contributed by atoms with Crippen molar-refractivity contribution < 1.29 is 33.4 Å². The van der Waals surface area contributed by atoms with Gasteiger partial charge in [0.05, 0.1) is 6.04 Å². The van der Waals surface area contributed by atoms with Gasteiger partial charge >= 0.3 is 12.0 Å². The Bertz CT molecular complexity index is 971. The average Bonchev–Trinajstić information content (AvgIpc) is 3.06. The number of fused-ring (bicyclic) bond motifs is 1. The maximum absolute atomic E-state index is 12.9. The number of nitrogens with zero attached hydrogens (tertiary/aromatic N) is 1.